The van der Waals surface area contributed by atoms with Gasteiger partial charge in [-0.2, -0.15) is 5.10 Å². The molecule has 0 bridgehead atoms. The van der Waals surface area contributed by atoms with Crippen LogP contribution in [0.2, 0.25) is 0 Å². The van der Waals surface area contributed by atoms with Crippen molar-refractivity contribution >= 4 is 22.6 Å². The van der Waals surface area contributed by atoms with Gasteiger partial charge in [-0.3, -0.25) is 4.79 Å². The largest absolute Gasteiger partial charge is 0.497 e. The number of aryl methyl sites for hydroxylation is 1. The number of anilines is 1. The van der Waals surface area contributed by atoms with Crippen LogP contribution in [0.5, 0.6) is 5.75 Å². The van der Waals surface area contributed by atoms with Crippen LogP contribution < -0.4 is 10.1 Å². The van der Waals surface area contributed by atoms with E-state index in [0.29, 0.717) is 17.1 Å². The van der Waals surface area contributed by atoms with Crippen LogP contribution in [-0.4, -0.2) is 27.8 Å². The maximum Gasteiger partial charge on any atom is 0.246 e. The highest BCUT2D eigenvalue weighted by atomic mass is 16.5. The molecule has 0 spiro atoms. The van der Waals surface area contributed by atoms with Gasteiger partial charge in [0.1, 0.15) is 12.3 Å². The van der Waals surface area contributed by atoms with E-state index in [2.05, 4.69) is 27.5 Å². The Hall–Kier alpha value is -3.67. The SMILES string of the molecule is COc1cccc(NC(=O)Cn2nc(C)c3c(-c4ccccc4)ccnc32)c1. The molecule has 0 aliphatic rings. The Balaban J connectivity index is 1.64. The summed E-state index contributed by atoms with van der Waals surface area (Å²) in [5.41, 5.74) is 4.37. The number of hydrogen-bond donors (Lipinski definition) is 1. The van der Waals surface area contributed by atoms with Gasteiger partial charge in [0.2, 0.25) is 5.91 Å². The lowest BCUT2D eigenvalue weighted by Crippen LogP contribution is -2.19. The minimum absolute atomic E-state index is 0.0762. The third kappa shape index (κ3) is 3.44. The van der Waals surface area contributed by atoms with E-state index in [0.717, 1.165) is 22.2 Å². The molecule has 0 saturated heterocycles. The van der Waals surface area contributed by atoms with Gasteiger partial charge in [0.25, 0.3) is 0 Å². The van der Waals surface area contributed by atoms with Gasteiger partial charge >= 0.3 is 0 Å². The summed E-state index contributed by atoms with van der Waals surface area (Å²) in [6.45, 7) is 2.01. The van der Waals surface area contributed by atoms with Crippen LogP contribution in [0, 0.1) is 6.92 Å². The van der Waals surface area contributed by atoms with Crippen molar-refractivity contribution in [2.75, 3.05) is 12.4 Å². The molecule has 0 aliphatic carbocycles. The van der Waals surface area contributed by atoms with Crippen LogP contribution >= 0.6 is 0 Å². The van der Waals surface area contributed by atoms with Crippen molar-refractivity contribution in [3.8, 4) is 16.9 Å². The minimum atomic E-state index is -0.176. The number of rotatable bonds is 5. The number of methoxy groups -OCH3 is 1. The molecular weight excluding hydrogens is 352 g/mol. The second-order valence-corrected chi connectivity index (χ2v) is 6.45. The topological polar surface area (TPSA) is 69.0 Å². The van der Waals surface area contributed by atoms with E-state index in [1.165, 1.54) is 0 Å². The van der Waals surface area contributed by atoms with Gasteiger partial charge in [-0.1, -0.05) is 36.4 Å². The van der Waals surface area contributed by atoms with Crippen LogP contribution in [0.25, 0.3) is 22.2 Å². The van der Waals surface area contributed by atoms with Gasteiger partial charge in [-0.15, -0.1) is 0 Å². The lowest BCUT2D eigenvalue weighted by Gasteiger charge is -2.08. The number of pyridine rings is 1. The van der Waals surface area contributed by atoms with Gasteiger partial charge in [0.05, 0.1) is 12.8 Å². The first-order chi connectivity index (χ1) is 13.7. The fraction of sp³-hybridized carbons (Fsp3) is 0.136. The second kappa shape index (κ2) is 7.52. The zero-order valence-electron chi connectivity index (χ0n) is 15.7. The Morgan fingerprint density at radius 3 is 2.71 bits per heavy atom. The van der Waals surface area contributed by atoms with Crippen LogP contribution in [0.3, 0.4) is 0 Å². The van der Waals surface area contributed by atoms with Crippen molar-refractivity contribution in [3.05, 3.63) is 72.6 Å². The van der Waals surface area contributed by atoms with Gasteiger partial charge in [0, 0.05) is 23.3 Å². The maximum absolute atomic E-state index is 12.5. The standard InChI is InChI=1S/C22H20N4O2/c1-15-21-19(16-7-4-3-5-8-16)11-12-23-22(21)26(25-15)14-20(27)24-17-9-6-10-18(13-17)28-2/h3-13H,14H2,1-2H3,(H,24,27). The maximum atomic E-state index is 12.5. The van der Waals surface area contributed by atoms with Crippen LogP contribution in [0.4, 0.5) is 5.69 Å². The Morgan fingerprint density at radius 1 is 1.11 bits per heavy atom. The van der Waals surface area contributed by atoms with Gasteiger partial charge in [0.15, 0.2) is 5.65 Å². The molecule has 0 aliphatic heterocycles. The van der Waals surface area contributed by atoms with E-state index < -0.39 is 0 Å². The normalized spacial score (nSPS) is 10.8. The Morgan fingerprint density at radius 2 is 1.93 bits per heavy atom. The third-order valence-corrected chi connectivity index (χ3v) is 4.54. The monoisotopic (exact) mass is 372 g/mol. The molecule has 140 valence electrons. The molecule has 28 heavy (non-hydrogen) atoms. The molecule has 0 atom stereocenters. The van der Waals surface area contributed by atoms with Gasteiger partial charge < -0.3 is 10.1 Å². The number of carbonyl (C=O) groups is 1. The molecule has 0 radical (unpaired) electrons. The van der Waals surface area contributed by atoms with E-state index in [9.17, 15) is 4.79 Å². The smallest absolute Gasteiger partial charge is 0.246 e. The fourth-order valence-electron chi connectivity index (χ4n) is 3.29. The number of fused-ring (bicyclic) bond motifs is 1. The summed E-state index contributed by atoms with van der Waals surface area (Å²) in [5, 5.41) is 8.40. The number of hydrogen-bond acceptors (Lipinski definition) is 4. The molecule has 0 unspecified atom stereocenters. The molecule has 6 nitrogen and oxygen atoms in total. The average Bonchev–Trinajstić information content (AvgIpc) is 3.04. The minimum Gasteiger partial charge on any atom is -0.497 e. The number of nitrogens with one attached hydrogen (secondary N) is 1. The van der Waals surface area contributed by atoms with Crippen molar-refractivity contribution in [3.63, 3.8) is 0 Å². The zero-order chi connectivity index (χ0) is 19.5. The first kappa shape index (κ1) is 17.7. The van der Waals surface area contributed by atoms with Crippen molar-refractivity contribution < 1.29 is 9.53 Å². The van der Waals surface area contributed by atoms with Crippen molar-refractivity contribution in [1.82, 2.24) is 14.8 Å². The lowest BCUT2D eigenvalue weighted by molar-refractivity contribution is -0.116. The first-order valence-electron chi connectivity index (χ1n) is 8.97. The van der Waals surface area contributed by atoms with Crippen molar-refractivity contribution in [2.45, 2.75) is 13.5 Å². The van der Waals surface area contributed by atoms with Crippen LogP contribution in [-0.2, 0) is 11.3 Å². The summed E-state index contributed by atoms with van der Waals surface area (Å²) in [6, 6.07) is 19.3. The van der Waals surface area contributed by atoms with E-state index in [1.807, 2.05) is 49.4 Å². The average molecular weight is 372 g/mol. The quantitative estimate of drug-likeness (QED) is 0.574. The summed E-state index contributed by atoms with van der Waals surface area (Å²) in [7, 11) is 1.59. The second-order valence-electron chi connectivity index (χ2n) is 6.45. The van der Waals surface area contributed by atoms with E-state index in [4.69, 9.17) is 4.74 Å². The molecule has 1 N–H and O–H groups in total. The van der Waals surface area contributed by atoms with Gasteiger partial charge in [-0.05, 0) is 36.2 Å². The molecule has 1 amide bonds. The molecule has 0 saturated carbocycles. The molecule has 0 fully saturated rings. The van der Waals surface area contributed by atoms with Crippen LogP contribution in [0.15, 0.2) is 66.9 Å². The Kier molecular flexibility index (Phi) is 4.76. The molecule has 4 rings (SSSR count). The number of nitrogens with zero attached hydrogens (tertiary/aromatic N) is 3. The van der Waals surface area contributed by atoms with Crippen LogP contribution in [0.1, 0.15) is 5.69 Å². The van der Waals surface area contributed by atoms with Gasteiger partial charge in [-0.25, -0.2) is 9.67 Å². The van der Waals surface area contributed by atoms with E-state index in [-0.39, 0.29) is 12.5 Å². The summed E-state index contributed by atoms with van der Waals surface area (Å²) >= 11 is 0. The summed E-state index contributed by atoms with van der Waals surface area (Å²) in [5.74, 6) is 0.511. The molecule has 2 heterocycles. The summed E-state index contributed by atoms with van der Waals surface area (Å²) < 4.78 is 6.84. The molecular formula is C22H20N4O2. The fourth-order valence-corrected chi connectivity index (χ4v) is 3.29. The molecule has 2 aromatic heterocycles. The number of ether oxygens (including phenoxy) is 1. The number of aromatic nitrogens is 3. The predicted molar refractivity (Wildman–Crippen MR) is 109 cm³/mol. The zero-order valence-corrected chi connectivity index (χ0v) is 15.7. The van der Waals surface area contributed by atoms with E-state index in [1.54, 1.807) is 24.1 Å². The highest BCUT2D eigenvalue weighted by molar-refractivity contribution is 5.96. The first-order valence-corrected chi connectivity index (χ1v) is 8.97. The Bertz CT molecular complexity index is 1140. The molecule has 4 aromatic rings. The van der Waals surface area contributed by atoms with Crippen molar-refractivity contribution in [2.24, 2.45) is 0 Å². The Labute approximate surface area is 162 Å². The lowest BCUT2D eigenvalue weighted by atomic mass is 10.0. The number of benzene rings is 2. The predicted octanol–water partition coefficient (Wildman–Crippen LogP) is 4.05. The highest BCUT2D eigenvalue weighted by Crippen LogP contribution is 2.29. The molecule has 6 heteroatoms. The third-order valence-electron chi connectivity index (χ3n) is 4.54. The number of carbonyl (C=O) groups excluding carboxylic acids is 1. The van der Waals surface area contributed by atoms with Crippen molar-refractivity contribution in [1.29, 1.82) is 0 Å². The van der Waals surface area contributed by atoms with E-state index >= 15 is 0 Å². The summed E-state index contributed by atoms with van der Waals surface area (Å²) in [4.78, 5) is 17.0. The molecule has 2 aromatic carbocycles. The number of amides is 1. The summed E-state index contributed by atoms with van der Waals surface area (Å²) in [6.07, 6.45) is 1.75. The highest BCUT2D eigenvalue weighted by Gasteiger charge is 2.16.